The van der Waals surface area contributed by atoms with Crippen LogP contribution in [0.3, 0.4) is 0 Å². The van der Waals surface area contributed by atoms with Crippen molar-refractivity contribution in [2.24, 2.45) is 0 Å². The molecule has 0 radical (unpaired) electrons. The van der Waals surface area contributed by atoms with Gasteiger partial charge >= 0.3 is 25.7 Å². The van der Waals surface area contributed by atoms with Crippen LogP contribution in [0.25, 0.3) is 0 Å². The number of esters is 3. The third-order valence-corrected chi connectivity index (χ3v) is 12.4. The number of rotatable bonds is 51. The fraction of sp³-hybridized carbons (Fsp3) is 0.683. The highest BCUT2D eigenvalue weighted by Crippen LogP contribution is 2.43. The molecule has 0 bridgehead atoms. The second-order valence-corrected chi connectivity index (χ2v) is 19.8. The van der Waals surface area contributed by atoms with Crippen LogP contribution in [0.15, 0.2) is 97.2 Å². The van der Waals surface area contributed by atoms with Crippen LogP contribution in [0.1, 0.15) is 226 Å². The van der Waals surface area contributed by atoms with Crippen LogP contribution < -0.4 is 0 Å². The number of unbranched alkanes of at least 4 members (excludes halogenated alkanes) is 18. The fourth-order valence-electron chi connectivity index (χ4n) is 7.16. The van der Waals surface area contributed by atoms with Crippen LogP contribution in [0.5, 0.6) is 0 Å². The lowest BCUT2D eigenvalue weighted by molar-refractivity contribution is -0.161. The van der Waals surface area contributed by atoms with Crippen LogP contribution in [-0.4, -0.2) is 66.5 Å². The van der Waals surface area contributed by atoms with Gasteiger partial charge in [0.2, 0.25) is 0 Å². The third-order valence-electron chi connectivity index (χ3n) is 11.5. The quantitative estimate of drug-likeness (QED) is 0.0197. The minimum absolute atomic E-state index is 0.122. The minimum Gasteiger partial charge on any atom is -0.462 e. The first-order valence-corrected chi connectivity index (χ1v) is 29.6. The number of carbonyl (C=O) groups excluding carboxylic acids is 3. The second-order valence-electron chi connectivity index (χ2n) is 18.4. The molecule has 12 heteroatoms. The average Bonchev–Trinajstić information content (AvgIpc) is 3.37. The number of allylic oxidation sites excluding steroid dienone is 16. The highest BCUT2D eigenvalue weighted by molar-refractivity contribution is 7.47. The lowest BCUT2D eigenvalue weighted by atomic mass is 10.1. The fourth-order valence-corrected chi connectivity index (χ4v) is 7.94. The van der Waals surface area contributed by atoms with E-state index in [4.69, 9.17) is 23.3 Å². The van der Waals surface area contributed by atoms with Crippen molar-refractivity contribution >= 4 is 25.7 Å². The number of aliphatic hydroxyl groups excluding tert-OH is 1. The van der Waals surface area contributed by atoms with Gasteiger partial charge in [-0.1, -0.05) is 189 Å². The highest BCUT2D eigenvalue weighted by atomic mass is 31.2. The molecule has 11 nitrogen and oxygen atoms in total. The topological polar surface area (TPSA) is 155 Å². The van der Waals surface area contributed by atoms with Crippen molar-refractivity contribution in [1.29, 1.82) is 0 Å². The molecule has 3 unspecified atom stereocenters. The molecule has 0 spiro atoms. The van der Waals surface area contributed by atoms with Crippen molar-refractivity contribution in [2.75, 3.05) is 26.4 Å². The molecule has 0 aliphatic rings. The van der Waals surface area contributed by atoms with E-state index in [1.165, 1.54) is 32.1 Å². The second kappa shape index (κ2) is 53.7. The lowest BCUT2D eigenvalue weighted by Gasteiger charge is -2.21. The summed E-state index contributed by atoms with van der Waals surface area (Å²) in [5.41, 5.74) is 0. The summed E-state index contributed by atoms with van der Waals surface area (Å²) in [5.74, 6) is -1.54. The van der Waals surface area contributed by atoms with E-state index in [0.29, 0.717) is 19.3 Å². The van der Waals surface area contributed by atoms with Crippen molar-refractivity contribution in [3.8, 4) is 0 Å². The van der Waals surface area contributed by atoms with E-state index < -0.39 is 57.8 Å². The number of carbonyl (C=O) groups is 3. The maximum atomic E-state index is 12.9. The summed E-state index contributed by atoms with van der Waals surface area (Å²) in [6.45, 7) is 4.39. The normalized spacial score (nSPS) is 14.1. The van der Waals surface area contributed by atoms with Gasteiger partial charge in [-0.05, 0) is 116 Å². The molecule has 412 valence electrons. The first-order chi connectivity index (χ1) is 35.2. The molecule has 0 heterocycles. The maximum Gasteiger partial charge on any atom is 0.472 e. The Kier molecular flexibility index (Phi) is 51.0. The van der Waals surface area contributed by atoms with Gasteiger partial charge in [-0.15, -0.1) is 0 Å². The molecular weight excluding hydrogens is 928 g/mol. The van der Waals surface area contributed by atoms with Crippen molar-refractivity contribution < 1.29 is 52.2 Å². The monoisotopic (exact) mass is 1030 g/mol. The molecule has 0 saturated heterocycles. The van der Waals surface area contributed by atoms with Gasteiger partial charge in [-0.2, -0.15) is 0 Å². The van der Waals surface area contributed by atoms with Crippen LogP contribution in [0.4, 0.5) is 0 Å². The lowest BCUT2D eigenvalue weighted by Crippen LogP contribution is -2.30. The van der Waals surface area contributed by atoms with E-state index in [9.17, 15) is 28.9 Å². The summed E-state index contributed by atoms with van der Waals surface area (Å²) in [5, 5.41) is 9.80. The van der Waals surface area contributed by atoms with Crippen LogP contribution in [-0.2, 0) is 42.2 Å². The summed E-state index contributed by atoms with van der Waals surface area (Å²) in [6.07, 6.45) is 62.2. The largest absolute Gasteiger partial charge is 0.472 e. The number of hydrogen-bond acceptors (Lipinski definition) is 10. The zero-order valence-corrected chi connectivity index (χ0v) is 46.3. The van der Waals surface area contributed by atoms with E-state index in [1.807, 2.05) is 0 Å². The Bertz CT molecular complexity index is 1580. The van der Waals surface area contributed by atoms with Gasteiger partial charge in [0.05, 0.1) is 19.8 Å². The molecule has 0 aromatic heterocycles. The summed E-state index contributed by atoms with van der Waals surface area (Å²) in [4.78, 5) is 48.4. The van der Waals surface area contributed by atoms with Crippen LogP contribution in [0, 0.1) is 0 Å². The number of ether oxygens (including phenoxy) is 3. The SMILES string of the molecule is CC/C=C\C/C=C\C/C=C\C/C=C\C/C=C\CCCCCC(=O)OC(COC(=O)CCCCCCC/C=C\CCCC)COP(=O)(O)OCC(CO)OC(=O)CCCCCCC/C=C\C/C=C\CCCCC. The predicted octanol–water partition coefficient (Wildman–Crippen LogP) is 16.5. The third kappa shape index (κ3) is 51.3. The first-order valence-electron chi connectivity index (χ1n) is 28.1. The standard InChI is InChI=1S/C60H101O11P/c1-4-7-10-13-16-19-22-24-26-27-28-29-31-33-36-39-42-45-48-51-60(64)71-57(53-67-58(62)49-46-43-40-37-34-21-18-15-12-9-6-3)55-69-72(65,66)68-54-56(52-61)70-59(63)50-47-44-41-38-35-32-30-25-23-20-17-14-11-8-5-2/h7,10,15-20,24-26,28-30,33,36,56-57,61H,4-6,8-9,11-14,21-23,27,31-32,34-35,37-55H2,1-3H3,(H,65,66)/b10-7-,18-15-,19-16-,20-17-,26-24-,29-28-,30-25-,36-33-. The van der Waals surface area contributed by atoms with Crippen molar-refractivity contribution in [2.45, 2.75) is 238 Å². The molecule has 0 rings (SSSR count). The Labute approximate surface area is 438 Å². The summed E-state index contributed by atoms with van der Waals surface area (Å²) >= 11 is 0. The Morgan fingerprint density at radius 1 is 0.403 bits per heavy atom. The van der Waals surface area contributed by atoms with Gasteiger partial charge < -0.3 is 24.2 Å². The van der Waals surface area contributed by atoms with Crippen LogP contribution >= 0.6 is 7.82 Å². The smallest absolute Gasteiger partial charge is 0.462 e. The molecule has 3 atom stereocenters. The van der Waals surface area contributed by atoms with E-state index in [2.05, 4.69) is 118 Å². The Balaban J connectivity index is 4.78. The molecule has 0 fully saturated rings. The van der Waals surface area contributed by atoms with Crippen molar-refractivity contribution in [3.05, 3.63) is 97.2 Å². The summed E-state index contributed by atoms with van der Waals surface area (Å²) in [6, 6.07) is 0. The molecule has 0 aliphatic heterocycles. The molecule has 0 amide bonds. The molecule has 2 N–H and O–H groups in total. The highest BCUT2D eigenvalue weighted by Gasteiger charge is 2.28. The van der Waals surface area contributed by atoms with E-state index in [0.717, 1.165) is 135 Å². The van der Waals surface area contributed by atoms with Gasteiger partial charge in [-0.25, -0.2) is 4.57 Å². The van der Waals surface area contributed by atoms with Crippen molar-refractivity contribution in [1.82, 2.24) is 0 Å². The number of phosphoric ester groups is 1. The van der Waals surface area contributed by atoms with E-state index in [1.54, 1.807) is 0 Å². The molecule has 0 aromatic rings. The Morgan fingerprint density at radius 2 is 0.736 bits per heavy atom. The van der Waals surface area contributed by atoms with Crippen molar-refractivity contribution in [3.63, 3.8) is 0 Å². The zero-order valence-electron chi connectivity index (χ0n) is 45.4. The molecule has 0 aliphatic carbocycles. The zero-order chi connectivity index (χ0) is 52.7. The Hall–Kier alpha value is -3.60. The van der Waals surface area contributed by atoms with Gasteiger partial charge in [0.1, 0.15) is 12.7 Å². The molecule has 72 heavy (non-hydrogen) atoms. The van der Waals surface area contributed by atoms with Crippen LogP contribution in [0.2, 0.25) is 0 Å². The number of hydrogen-bond donors (Lipinski definition) is 2. The minimum atomic E-state index is -4.76. The molecule has 0 saturated carbocycles. The number of phosphoric acid groups is 1. The summed E-state index contributed by atoms with van der Waals surface area (Å²) < 4.78 is 39.4. The first kappa shape index (κ1) is 68.4. The van der Waals surface area contributed by atoms with E-state index >= 15 is 0 Å². The predicted molar refractivity (Wildman–Crippen MR) is 297 cm³/mol. The Morgan fingerprint density at radius 3 is 1.18 bits per heavy atom. The van der Waals surface area contributed by atoms with Gasteiger partial charge in [-0.3, -0.25) is 23.4 Å². The van der Waals surface area contributed by atoms with Gasteiger partial charge in [0.25, 0.3) is 0 Å². The number of aliphatic hydroxyl groups is 1. The molecule has 0 aromatic carbocycles. The van der Waals surface area contributed by atoms with Gasteiger partial charge in [0.15, 0.2) is 6.10 Å². The van der Waals surface area contributed by atoms with E-state index in [-0.39, 0.29) is 25.9 Å². The van der Waals surface area contributed by atoms with Gasteiger partial charge in [0, 0.05) is 19.3 Å². The summed E-state index contributed by atoms with van der Waals surface area (Å²) in [7, 11) is -4.76. The average molecular weight is 1030 g/mol. The maximum absolute atomic E-state index is 12.9. The molecular formula is C60H101O11P.